The molecule has 1 aromatic carbocycles. The van der Waals surface area contributed by atoms with E-state index in [0.29, 0.717) is 5.92 Å². The van der Waals surface area contributed by atoms with Crippen molar-refractivity contribution in [2.24, 2.45) is 5.92 Å². The Hall–Kier alpha value is -1.34. The van der Waals surface area contributed by atoms with E-state index in [0.717, 1.165) is 28.3 Å². The second kappa shape index (κ2) is 5.33. The van der Waals surface area contributed by atoms with Crippen LogP contribution < -0.4 is 0 Å². The molecular formula is C15H16ClN. The molecule has 0 radical (unpaired) electrons. The number of hydrogen-bond acceptors (Lipinski definition) is 1. The molecular weight excluding hydrogens is 230 g/mol. The molecule has 2 aromatic rings. The summed E-state index contributed by atoms with van der Waals surface area (Å²) in [5.74, 6) is 0.633. The molecule has 0 aliphatic rings. The van der Waals surface area contributed by atoms with Crippen molar-refractivity contribution in [2.75, 3.05) is 0 Å². The predicted octanol–water partition coefficient (Wildman–Crippen LogP) is 4.60. The molecule has 2 rings (SSSR count). The summed E-state index contributed by atoms with van der Waals surface area (Å²) in [5, 5.41) is 0.769. The Labute approximate surface area is 107 Å². The molecule has 0 fully saturated rings. The minimum Gasteiger partial charge on any atom is -0.261 e. The summed E-state index contributed by atoms with van der Waals surface area (Å²) in [6.07, 6.45) is 2.92. The highest BCUT2D eigenvalue weighted by atomic mass is 35.5. The normalized spacial score (nSPS) is 10.8. The number of halogens is 1. The van der Waals surface area contributed by atoms with Crippen LogP contribution >= 0.6 is 11.6 Å². The smallest absolute Gasteiger partial charge is 0.0484 e. The fourth-order valence-corrected chi connectivity index (χ4v) is 2.06. The summed E-state index contributed by atoms with van der Waals surface area (Å²) in [6.45, 7) is 4.40. The van der Waals surface area contributed by atoms with Gasteiger partial charge in [-0.25, -0.2) is 0 Å². The van der Waals surface area contributed by atoms with Gasteiger partial charge < -0.3 is 0 Å². The van der Waals surface area contributed by atoms with E-state index in [4.69, 9.17) is 11.6 Å². The van der Waals surface area contributed by atoms with Gasteiger partial charge in [-0.2, -0.15) is 0 Å². The molecule has 2 heteroatoms. The maximum absolute atomic E-state index is 6.16. The summed E-state index contributed by atoms with van der Waals surface area (Å²) >= 11 is 6.16. The van der Waals surface area contributed by atoms with Crippen molar-refractivity contribution >= 4 is 11.6 Å². The molecule has 1 aromatic heterocycles. The van der Waals surface area contributed by atoms with Gasteiger partial charge in [-0.15, -0.1) is 0 Å². The Morgan fingerprint density at radius 2 is 1.88 bits per heavy atom. The average molecular weight is 246 g/mol. The van der Waals surface area contributed by atoms with Crippen LogP contribution in [-0.2, 0) is 6.42 Å². The van der Waals surface area contributed by atoms with Gasteiger partial charge in [0.2, 0.25) is 0 Å². The van der Waals surface area contributed by atoms with E-state index in [-0.39, 0.29) is 0 Å². The van der Waals surface area contributed by atoms with Crippen molar-refractivity contribution in [3.63, 3.8) is 0 Å². The van der Waals surface area contributed by atoms with Crippen LogP contribution in [0.15, 0.2) is 42.6 Å². The number of benzene rings is 1. The van der Waals surface area contributed by atoms with E-state index in [2.05, 4.69) is 31.0 Å². The monoisotopic (exact) mass is 245 g/mol. The van der Waals surface area contributed by atoms with Crippen LogP contribution in [0.1, 0.15) is 19.5 Å². The number of rotatable bonds is 3. The lowest BCUT2D eigenvalue weighted by Gasteiger charge is -2.07. The first-order valence-electron chi connectivity index (χ1n) is 5.86. The second-order valence-electron chi connectivity index (χ2n) is 4.62. The number of nitrogens with zero attached hydrogens (tertiary/aromatic N) is 1. The van der Waals surface area contributed by atoms with Crippen molar-refractivity contribution in [3.8, 4) is 11.1 Å². The summed E-state index contributed by atoms with van der Waals surface area (Å²) in [6, 6.07) is 12.0. The lowest BCUT2D eigenvalue weighted by molar-refractivity contribution is 0.635. The largest absolute Gasteiger partial charge is 0.261 e. The molecule has 0 spiro atoms. The highest BCUT2D eigenvalue weighted by molar-refractivity contribution is 6.33. The minimum absolute atomic E-state index is 0.633. The number of pyridine rings is 1. The topological polar surface area (TPSA) is 12.9 Å². The Morgan fingerprint density at radius 3 is 2.47 bits per heavy atom. The molecule has 0 saturated carbocycles. The maximum Gasteiger partial charge on any atom is 0.0484 e. The van der Waals surface area contributed by atoms with Gasteiger partial charge in [0.1, 0.15) is 0 Å². The molecule has 0 aliphatic heterocycles. The first kappa shape index (κ1) is 12.1. The van der Waals surface area contributed by atoms with Gasteiger partial charge in [-0.05, 0) is 24.5 Å². The van der Waals surface area contributed by atoms with E-state index in [1.165, 1.54) is 0 Å². The third kappa shape index (κ3) is 3.07. The first-order valence-corrected chi connectivity index (χ1v) is 6.24. The fraction of sp³-hybridized carbons (Fsp3) is 0.267. The van der Waals surface area contributed by atoms with E-state index >= 15 is 0 Å². The zero-order valence-corrected chi connectivity index (χ0v) is 10.9. The maximum atomic E-state index is 6.16. The zero-order valence-electron chi connectivity index (χ0n) is 10.2. The van der Waals surface area contributed by atoms with Crippen LogP contribution in [0, 0.1) is 5.92 Å². The van der Waals surface area contributed by atoms with Gasteiger partial charge in [0.15, 0.2) is 0 Å². The summed E-state index contributed by atoms with van der Waals surface area (Å²) in [4.78, 5) is 4.48. The molecule has 1 heterocycles. The fourth-order valence-electron chi connectivity index (χ4n) is 1.82. The van der Waals surface area contributed by atoms with Crippen molar-refractivity contribution in [2.45, 2.75) is 20.3 Å². The van der Waals surface area contributed by atoms with Gasteiger partial charge in [0.05, 0.1) is 0 Å². The zero-order chi connectivity index (χ0) is 12.3. The number of hydrogen-bond donors (Lipinski definition) is 0. The lowest BCUT2D eigenvalue weighted by atomic mass is 10.0. The van der Waals surface area contributed by atoms with Gasteiger partial charge in [-0.3, -0.25) is 4.98 Å². The average Bonchev–Trinajstić information content (AvgIpc) is 2.30. The quantitative estimate of drug-likeness (QED) is 0.770. The van der Waals surface area contributed by atoms with E-state index in [1.54, 1.807) is 0 Å². The van der Waals surface area contributed by atoms with Crippen LogP contribution in [0.3, 0.4) is 0 Å². The van der Waals surface area contributed by atoms with Crippen LogP contribution in [0.2, 0.25) is 5.02 Å². The molecule has 0 bridgehead atoms. The number of aromatic nitrogens is 1. The molecule has 0 amide bonds. The third-order valence-electron chi connectivity index (χ3n) is 2.63. The van der Waals surface area contributed by atoms with Crippen molar-refractivity contribution < 1.29 is 0 Å². The van der Waals surface area contributed by atoms with Gasteiger partial charge in [0.25, 0.3) is 0 Å². The summed E-state index contributed by atoms with van der Waals surface area (Å²) < 4.78 is 0. The Balaban J connectivity index is 2.27. The SMILES string of the molecule is CC(C)Cc1ccc(-c2ccccc2Cl)cn1. The molecule has 17 heavy (non-hydrogen) atoms. The van der Waals surface area contributed by atoms with Gasteiger partial charge in [-0.1, -0.05) is 49.7 Å². The Morgan fingerprint density at radius 1 is 1.12 bits per heavy atom. The van der Waals surface area contributed by atoms with E-state index in [1.807, 2.05) is 30.5 Å². The third-order valence-corrected chi connectivity index (χ3v) is 2.96. The van der Waals surface area contributed by atoms with Crippen LogP contribution in [-0.4, -0.2) is 4.98 Å². The highest BCUT2D eigenvalue weighted by Gasteiger charge is 2.04. The molecule has 0 aliphatic carbocycles. The van der Waals surface area contributed by atoms with E-state index in [9.17, 15) is 0 Å². The minimum atomic E-state index is 0.633. The van der Waals surface area contributed by atoms with Crippen LogP contribution in [0.25, 0.3) is 11.1 Å². The first-order chi connectivity index (χ1) is 8.16. The molecule has 0 saturated heterocycles. The molecule has 0 unspecified atom stereocenters. The second-order valence-corrected chi connectivity index (χ2v) is 5.02. The van der Waals surface area contributed by atoms with Crippen LogP contribution in [0.4, 0.5) is 0 Å². The Kier molecular flexibility index (Phi) is 3.80. The molecule has 0 atom stereocenters. The molecule has 0 N–H and O–H groups in total. The van der Waals surface area contributed by atoms with E-state index < -0.39 is 0 Å². The van der Waals surface area contributed by atoms with Gasteiger partial charge >= 0.3 is 0 Å². The summed E-state index contributed by atoms with van der Waals surface area (Å²) in [7, 11) is 0. The molecule has 1 nitrogen and oxygen atoms in total. The lowest BCUT2D eigenvalue weighted by Crippen LogP contribution is -1.96. The molecule has 88 valence electrons. The van der Waals surface area contributed by atoms with Crippen molar-refractivity contribution in [3.05, 3.63) is 53.3 Å². The van der Waals surface area contributed by atoms with Crippen LogP contribution in [0.5, 0.6) is 0 Å². The highest BCUT2D eigenvalue weighted by Crippen LogP contribution is 2.26. The van der Waals surface area contributed by atoms with Crippen molar-refractivity contribution in [1.82, 2.24) is 4.98 Å². The van der Waals surface area contributed by atoms with Gasteiger partial charge in [0, 0.05) is 28.0 Å². The Bertz CT molecular complexity index is 489. The van der Waals surface area contributed by atoms with Crippen molar-refractivity contribution in [1.29, 1.82) is 0 Å². The summed E-state index contributed by atoms with van der Waals surface area (Å²) in [5.41, 5.74) is 3.25. The predicted molar refractivity (Wildman–Crippen MR) is 73.2 cm³/mol. The standard InChI is InChI=1S/C15H16ClN/c1-11(2)9-13-8-7-12(10-17-13)14-5-3-4-6-15(14)16/h3-8,10-11H,9H2,1-2H3.